The van der Waals surface area contributed by atoms with Crippen LogP contribution in [0, 0.1) is 35.5 Å². The van der Waals surface area contributed by atoms with Gasteiger partial charge in [0.05, 0.1) is 0 Å². The highest BCUT2D eigenvalue weighted by Crippen LogP contribution is 2.33. The molecular formula is C42H78N6. The maximum atomic E-state index is 4.14. The van der Waals surface area contributed by atoms with Crippen molar-refractivity contribution in [2.24, 2.45) is 35.5 Å². The van der Waals surface area contributed by atoms with Crippen molar-refractivity contribution in [2.75, 3.05) is 39.3 Å². The second kappa shape index (κ2) is 19.0. The van der Waals surface area contributed by atoms with Gasteiger partial charge in [0, 0.05) is 36.3 Å². The molecule has 6 nitrogen and oxygen atoms in total. The van der Waals surface area contributed by atoms with Crippen LogP contribution in [0.2, 0.25) is 0 Å². The summed E-state index contributed by atoms with van der Waals surface area (Å²) >= 11 is 0. The van der Waals surface area contributed by atoms with Crippen molar-refractivity contribution in [1.82, 2.24) is 31.9 Å². The van der Waals surface area contributed by atoms with Crippen molar-refractivity contribution >= 4 is 0 Å². The minimum Gasteiger partial charge on any atom is -0.312 e. The zero-order valence-electron chi connectivity index (χ0n) is 31.1. The third-order valence-corrected chi connectivity index (χ3v) is 15.2. The number of hydrogen-bond donors (Lipinski definition) is 6. The fourth-order valence-corrected chi connectivity index (χ4v) is 11.7. The molecule has 0 aromatic rings. The van der Waals surface area contributed by atoms with Gasteiger partial charge in [-0.05, 0) is 190 Å². The average Bonchev–Trinajstić information content (AvgIpc) is 3.15. The van der Waals surface area contributed by atoms with Crippen LogP contribution in [-0.4, -0.2) is 75.5 Å². The van der Waals surface area contributed by atoms with Crippen LogP contribution in [0.15, 0.2) is 0 Å². The molecule has 6 N–H and O–H groups in total. The van der Waals surface area contributed by atoms with E-state index in [2.05, 4.69) is 31.9 Å². The van der Waals surface area contributed by atoms with E-state index < -0.39 is 0 Å². The summed E-state index contributed by atoms with van der Waals surface area (Å²) in [4.78, 5) is 0. The molecule has 0 aromatic heterocycles. The van der Waals surface area contributed by atoms with Crippen LogP contribution < -0.4 is 31.9 Å². The summed E-state index contributed by atoms with van der Waals surface area (Å²) < 4.78 is 0. The summed E-state index contributed by atoms with van der Waals surface area (Å²) in [5.41, 5.74) is 0. The molecule has 6 aliphatic carbocycles. The fourth-order valence-electron chi connectivity index (χ4n) is 11.7. The first kappa shape index (κ1) is 36.1. The summed E-state index contributed by atoms with van der Waals surface area (Å²) in [6.45, 7) is 7.55. The molecule has 4 heterocycles. The third kappa shape index (κ3) is 10.7. The zero-order valence-corrected chi connectivity index (χ0v) is 31.1. The van der Waals surface area contributed by atoms with Gasteiger partial charge in [-0.1, -0.05) is 38.5 Å². The van der Waals surface area contributed by atoms with E-state index in [4.69, 9.17) is 0 Å². The van der Waals surface area contributed by atoms with Crippen LogP contribution in [0.5, 0.6) is 0 Å². The summed E-state index contributed by atoms with van der Waals surface area (Å²) in [6.07, 6.45) is 34.1. The van der Waals surface area contributed by atoms with Crippen LogP contribution in [0.4, 0.5) is 0 Å². The first-order chi connectivity index (χ1) is 23.7. The van der Waals surface area contributed by atoms with Crippen LogP contribution in [0.3, 0.4) is 0 Å². The Labute approximate surface area is 296 Å². The Kier molecular flexibility index (Phi) is 14.3. The molecule has 6 saturated carbocycles. The predicted octanol–water partition coefficient (Wildman–Crippen LogP) is 6.89. The second-order valence-electron chi connectivity index (χ2n) is 18.6. The second-order valence-corrected chi connectivity index (χ2v) is 18.6. The summed E-state index contributed by atoms with van der Waals surface area (Å²) in [6, 6.07) is 4.18. The van der Waals surface area contributed by atoms with E-state index in [1.54, 1.807) is 0 Å². The number of hydrogen-bond acceptors (Lipinski definition) is 6. The van der Waals surface area contributed by atoms with Gasteiger partial charge in [0.25, 0.3) is 0 Å². The molecule has 10 aliphatic rings. The minimum absolute atomic E-state index is 0.696. The summed E-state index contributed by atoms with van der Waals surface area (Å²) in [5.74, 6) is 5.37. The molecule has 4 aliphatic heterocycles. The van der Waals surface area contributed by atoms with Gasteiger partial charge >= 0.3 is 0 Å². The third-order valence-electron chi connectivity index (χ3n) is 15.2. The molecular weight excluding hydrogens is 589 g/mol. The summed E-state index contributed by atoms with van der Waals surface area (Å²) in [7, 11) is 0. The molecule has 10 rings (SSSR count). The van der Waals surface area contributed by atoms with Gasteiger partial charge in [-0.25, -0.2) is 0 Å². The lowest BCUT2D eigenvalue weighted by Crippen LogP contribution is -2.53. The van der Waals surface area contributed by atoms with Crippen LogP contribution >= 0.6 is 0 Å². The smallest absolute Gasteiger partial charge is 0.0221 e. The molecule has 276 valence electrons. The van der Waals surface area contributed by atoms with E-state index in [1.165, 1.54) is 193 Å². The molecule has 6 bridgehead atoms. The largest absolute Gasteiger partial charge is 0.312 e. The van der Waals surface area contributed by atoms with E-state index in [1.807, 2.05) is 0 Å². The Morgan fingerprint density at radius 3 is 0.479 bits per heavy atom. The van der Waals surface area contributed by atoms with E-state index in [9.17, 15) is 0 Å². The van der Waals surface area contributed by atoms with Gasteiger partial charge in [-0.15, -0.1) is 0 Å². The minimum atomic E-state index is 0.696. The van der Waals surface area contributed by atoms with Crippen molar-refractivity contribution in [1.29, 1.82) is 0 Å². The topological polar surface area (TPSA) is 72.2 Å². The Morgan fingerprint density at radius 2 is 0.333 bits per heavy atom. The van der Waals surface area contributed by atoms with Gasteiger partial charge in [0.2, 0.25) is 0 Å². The van der Waals surface area contributed by atoms with Crippen molar-refractivity contribution in [3.05, 3.63) is 0 Å². The molecule has 6 unspecified atom stereocenters. The van der Waals surface area contributed by atoms with Gasteiger partial charge in [-0.3, -0.25) is 0 Å². The standard InChI is InChI=1S/C42H78N6/c1-2-8-38-37(7-1)43-25-31-13-15-33(16-14-31)27-45-39-9-3-4-10-40(39)47-29-35-21-23-36(24-22-35)30-48-42-12-6-5-11-41(42)46-28-34-19-17-32(18-20-34)26-44-38/h31-48H,1-30H2. The normalized spacial score (nSPS) is 45.0. The summed E-state index contributed by atoms with van der Waals surface area (Å²) in [5, 5.41) is 24.8. The van der Waals surface area contributed by atoms with Gasteiger partial charge in [-0.2, -0.15) is 0 Å². The molecule has 0 amide bonds. The Bertz CT molecular complexity index is 704. The number of fused-ring (bicyclic) bond motifs is 3. The van der Waals surface area contributed by atoms with Crippen LogP contribution in [0.25, 0.3) is 0 Å². The van der Waals surface area contributed by atoms with Crippen LogP contribution in [-0.2, 0) is 0 Å². The van der Waals surface area contributed by atoms with Crippen molar-refractivity contribution in [3.8, 4) is 0 Å². The number of nitrogens with one attached hydrogen (secondary N) is 6. The van der Waals surface area contributed by atoms with Gasteiger partial charge < -0.3 is 31.9 Å². The fraction of sp³-hybridized carbons (Fsp3) is 1.00. The van der Waals surface area contributed by atoms with Crippen LogP contribution in [0.1, 0.15) is 154 Å². The molecule has 0 radical (unpaired) electrons. The molecule has 0 spiro atoms. The zero-order chi connectivity index (χ0) is 32.4. The molecule has 48 heavy (non-hydrogen) atoms. The van der Waals surface area contributed by atoms with Gasteiger partial charge in [0.15, 0.2) is 0 Å². The van der Waals surface area contributed by atoms with E-state index >= 15 is 0 Å². The maximum Gasteiger partial charge on any atom is 0.0221 e. The molecule has 6 heteroatoms. The monoisotopic (exact) mass is 667 g/mol. The first-order valence-corrected chi connectivity index (χ1v) is 22.2. The molecule has 4 saturated heterocycles. The van der Waals surface area contributed by atoms with Crippen molar-refractivity contribution in [2.45, 2.75) is 190 Å². The van der Waals surface area contributed by atoms with E-state index in [-0.39, 0.29) is 0 Å². The number of rotatable bonds is 0. The molecule has 6 atom stereocenters. The van der Waals surface area contributed by atoms with Gasteiger partial charge in [0.1, 0.15) is 0 Å². The van der Waals surface area contributed by atoms with E-state index in [0.717, 1.165) is 35.5 Å². The lowest BCUT2D eigenvalue weighted by Gasteiger charge is -2.39. The molecule has 10 fully saturated rings. The molecule has 0 aromatic carbocycles. The quantitative estimate of drug-likeness (QED) is 0.169. The average molecular weight is 667 g/mol. The Balaban J connectivity index is 0.933. The van der Waals surface area contributed by atoms with E-state index in [0.29, 0.717) is 36.3 Å². The highest BCUT2D eigenvalue weighted by Gasteiger charge is 2.32. The lowest BCUT2D eigenvalue weighted by molar-refractivity contribution is 0.194. The highest BCUT2D eigenvalue weighted by atomic mass is 15.0. The Morgan fingerprint density at radius 1 is 0.188 bits per heavy atom. The maximum absolute atomic E-state index is 4.14. The van der Waals surface area contributed by atoms with Crippen molar-refractivity contribution < 1.29 is 0 Å². The SMILES string of the molecule is C1CCC2NCC3CCC(CC3)CNC3CCCCC3NCC3CCC(CC3)CNC3CCCCC3NCC3CCC(CC3)CNC2C1. The highest BCUT2D eigenvalue weighted by molar-refractivity contribution is 4.92. The first-order valence-electron chi connectivity index (χ1n) is 22.2. The predicted molar refractivity (Wildman–Crippen MR) is 202 cm³/mol. The lowest BCUT2D eigenvalue weighted by atomic mass is 9.80. The van der Waals surface area contributed by atoms with Crippen molar-refractivity contribution in [3.63, 3.8) is 0 Å². The Hall–Kier alpha value is -0.240.